The lowest BCUT2D eigenvalue weighted by Gasteiger charge is -2.14. The van der Waals surface area contributed by atoms with Gasteiger partial charge in [0.25, 0.3) is 0 Å². The molecule has 31 heavy (non-hydrogen) atoms. The average molecular weight is 517 g/mol. The Kier molecular flexibility index (Phi) is 7.75. The fourth-order valence-electron chi connectivity index (χ4n) is 2.78. The first-order chi connectivity index (χ1) is 14.9. The third-order valence-electron chi connectivity index (χ3n) is 4.38. The second-order valence-electron chi connectivity index (χ2n) is 6.41. The van der Waals surface area contributed by atoms with E-state index in [0.29, 0.717) is 37.1 Å². The molecule has 0 aliphatic carbocycles. The van der Waals surface area contributed by atoms with Gasteiger partial charge in [0.05, 0.1) is 7.11 Å². The van der Waals surface area contributed by atoms with E-state index in [-0.39, 0.29) is 18.0 Å². The van der Waals surface area contributed by atoms with E-state index in [4.69, 9.17) is 32.7 Å². The van der Waals surface area contributed by atoms with Crippen molar-refractivity contribution >= 4 is 51.0 Å². The lowest BCUT2D eigenvalue weighted by Crippen LogP contribution is -2.02. The van der Waals surface area contributed by atoms with E-state index in [1.54, 1.807) is 54.6 Å². The smallest absolute Gasteiger partial charge is 0.203 e. The molecule has 3 rings (SSSR count). The van der Waals surface area contributed by atoms with Gasteiger partial charge in [-0.2, -0.15) is 5.26 Å². The fourth-order valence-corrected chi connectivity index (χ4v) is 3.68. The van der Waals surface area contributed by atoms with Gasteiger partial charge in [-0.15, -0.1) is 0 Å². The normalized spacial score (nSPS) is 11.0. The molecule has 0 atom stereocenters. The SMILES string of the molecule is COc1cc(/C=C(\C#N)C(=O)c2ccccc2)c(Br)cc1OCc1ccc(Cl)cc1Cl. The summed E-state index contributed by atoms with van der Waals surface area (Å²) in [6.07, 6.45) is 1.52. The Hall–Kier alpha value is -2.78. The highest BCUT2D eigenvalue weighted by molar-refractivity contribution is 9.10. The minimum absolute atomic E-state index is 0.00978. The number of ether oxygens (including phenoxy) is 2. The van der Waals surface area contributed by atoms with Gasteiger partial charge < -0.3 is 9.47 Å². The maximum atomic E-state index is 12.6. The van der Waals surface area contributed by atoms with Crippen LogP contribution in [0.2, 0.25) is 10.0 Å². The van der Waals surface area contributed by atoms with Crippen molar-refractivity contribution in [3.8, 4) is 17.6 Å². The Morgan fingerprint density at radius 1 is 1.10 bits per heavy atom. The summed E-state index contributed by atoms with van der Waals surface area (Å²) in [5.74, 6) is 0.570. The fraction of sp³-hybridized carbons (Fsp3) is 0.0833. The summed E-state index contributed by atoms with van der Waals surface area (Å²) < 4.78 is 12.0. The average Bonchev–Trinajstić information content (AvgIpc) is 2.78. The molecule has 0 saturated heterocycles. The van der Waals surface area contributed by atoms with E-state index in [9.17, 15) is 10.1 Å². The van der Waals surface area contributed by atoms with Crippen LogP contribution in [0.4, 0.5) is 0 Å². The highest BCUT2D eigenvalue weighted by atomic mass is 79.9. The minimum atomic E-state index is -0.355. The number of carbonyl (C=O) groups excluding carboxylic acids is 1. The molecule has 0 amide bonds. The highest BCUT2D eigenvalue weighted by Gasteiger charge is 2.15. The summed E-state index contributed by atoms with van der Waals surface area (Å²) >= 11 is 15.6. The van der Waals surface area contributed by atoms with Gasteiger partial charge >= 0.3 is 0 Å². The molecule has 0 bridgehead atoms. The zero-order valence-electron chi connectivity index (χ0n) is 16.4. The van der Waals surface area contributed by atoms with Crippen molar-refractivity contribution in [2.45, 2.75) is 6.61 Å². The van der Waals surface area contributed by atoms with E-state index in [0.717, 1.165) is 5.56 Å². The van der Waals surface area contributed by atoms with Crippen LogP contribution in [-0.4, -0.2) is 12.9 Å². The van der Waals surface area contributed by atoms with Crippen LogP contribution in [0.3, 0.4) is 0 Å². The van der Waals surface area contributed by atoms with Crippen LogP contribution in [0.25, 0.3) is 6.08 Å². The maximum absolute atomic E-state index is 12.6. The topological polar surface area (TPSA) is 59.3 Å². The Morgan fingerprint density at radius 3 is 2.48 bits per heavy atom. The molecule has 0 spiro atoms. The molecule has 156 valence electrons. The molecule has 0 N–H and O–H groups in total. The number of ketones is 1. The van der Waals surface area contributed by atoms with Crippen molar-refractivity contribution in [1.82, 2.24) is 0 Å². The zero-order chi connectivity index (χ0) is 22.4. The summed E-state index contributed by atoms with van der Waals surface area (Å²) in [6.45, 7) is 0.212. The predicted octanol–water partition coefficient (Wildman–Crippen LogP) is 7.13. The van der Waals surface area contributed by atoms with E-state index >= 15 is 0 Å². The van der Waals surface area contributed by atoms with Crippen molar-refractivity contribution in [1.29, 1.82) is 5.26 Å². The number of methoxy groups -OCH3 is 1. The van der Waals surface area contributed by atoms with Crippen molar-refractivity contribution in [3.05, 3.63) is 97.4 Å². The van der Waals surface area contributed by atoms with Crippen LogP contribution in [0.15, 0.2) is 70.7 Å². The van der Waals surface area contributed by atoms with E-state index < -0.39 is 0 Å². The number of hydrogen-bond acceptors (Lipinski definition) is 4. The van der Waals surface area contributed by atoms with Crippen LogP contribution in [-0.2, 0) is 6.61 Å². The van der Waals surface area contributed by atoms with Crippen molar-refractivity contribution < 1.29 is 14.3 Å². The molecular formula is C24H16BrCl2NO3. The summed E-state index contributed by atoms with van der Waals surface area (Å²) in [5, 5.41) is 10.6. The van der Waals surface area contributed by atoms with Crippen molar-refractivity contribution in [3.63, 3.8) is 0 Å². The molecule has 0 aromatic heterocycles. The van der Waals surface area contributed by atoms with E-state index in [1.165, 1.54) is 13.2 Å². The molecule has 0 unspecified atom stereocenters. The van der Waals surface area contributed by atoms with Crippen LogP contribution in [0, 0.1) is 11.3 Å². The van der Waals surface area contributed by atoms with Gasteiger partial charge in [0.15, 0.2) is 11.5 Å². The first-order valence-corrected chi connectivity index (χ1v) is 10.6. The van der Waals surface area contributed by atoms with Gasteiger partial charge in [0.1, 0.15) is 18.2 Å². The van der Waals surface area contributed by atoms with Crippen LogP contribution >= 0.6 is 39.1 Å². The van der Waals surface area contributed by atoms with Gasteiger partial charge in [-0.25, -0.2) is 0 Å². The largest absolute Gasteiger partial charge is 0.493 e. The number of allylic oxidation sites excluding steroid dienone is 1. The lowest BCUT2D eigenvalue weighted by molar-refractivity contribution is 0.104. The number of nitriles is 1. The molecule has 4 nitrogen and oxygen atoms in total. The lowest BCUT2D eigenvalue weighted by atomic mass is 10.0. The Morgan fingerprint density at radius 2 is 1.84 bits per heavy atom. The van der Waals surface area contributed by atoms with Crippen molar-refractivity contribution in [2.75, 3.05) is 7.11 Å². The molecule has 0 saturated carbocycles. The number of benzene rings is 3. The Balaban J connectivity index is 1.88. The maximum Gasteiger partial charge on any atom is 0.203 e. The van der Waals surface area contributed by atoms with Crippen molar-refractivity contribution in [2.24, 2.45) is 0 Å². The summed E-state index contributed by atoms with van der Waals surface area (Å²) in [5.41, 5.74) is 1.83. The molecule has 0 aliphatic heterocycles. The highest BCUT2D eigenvalue weighted by Crippen LogP contribution is 2.36. The third-order valence-corrected chi connectivity index (χ3v) is 5.66. The predicted molar refractivity (Wildman–Crippen MR) is 126 cm³/mol. The quantitative estimate of drug-likeness (QED) is 0.190. The molecule has 0 aliphatic rings. The Bertz CT molecular complexity index is 1190. The molecule has 3 aromatic rings. The standard InChI is InChI=1S/C24H16BrCl2NO3/c1-30-22-10-17(9-18(13-28)24(29)15-5-3-2-4-6-15)20(25)12-23(22)31-14-16-7-8-19(26)11-21(16)27/h2-12H,14H2,1H3/b18-9+. The Labute approximate surface area is 198 Å². The van der Waals surface area contributed by atoms with E-state index in [1.807, 2.05) is 12.1 Å². The summed E-state index contributed by atoms with van der Waals surface area (Å²) in [4.78, 5) is 12.6. The third kappa shape index (κ3) is 5.68. The zero-order valence-corrected chi connectivity index (χ0v) is 19.5. The van der Waals surface area contributed by atoms with Gasteiger partial charge in [-0.1, -0.05) is 75.5 Å². The van der Waals surface area contributed by atoms with Gasteiger partial charge in [-0.3, -0.25) is 4.79 Å². The van der Waals surface area contributed by atoms with Gasteiger partial charge in [0, 0.05) is 25.6 Å². The second-order valence-corrected chi connectivity index (χ2v) is 8.11. The number of halogens is 3. The number of carbonyl (C=O) groups is 1. The van der Waals surface area contributed by atoms with Crippen LogP contribution in [0.5, 0.6) is 11.5 Å². The number of hydrogen-bond donors (Lipinski definition) is 0. The second kappa shape index (κ2) is 10.5. The van der Waals surface area contributed by atoms with Gasteiger partial charge in [-0.05, 0) is 35.9 Å². The molecule has 0 heterocycles. The number of Topliss-reactive ketones (excluding diaryl/α,β-unsaturated/α-hetero) is 1. The van der Waals surface area contributed by atoms with Gasteiger partial charge in [0.2, 0.25) is 5.78 Å². The van der Waals surface area contributed by atoms with E-state index in [2.05, 4.69) is 15.9 Å². The van der Waals surface area contributed by atoms with Crippen LogP contribution in [0.1, 0.15) is 21.5 Å². The monoisotopic (exact) mass is 515 g/mol. The number of rotatable bonds is 7. The molecule has 7 heteroatoms. The van der Waals surface area contributed by atoms with Crippen LogP contribution < -0.4 is 9.47 Å². The molecule has 0 radical (unpaired) electrons. The molecular weight excluding hydrogens is 501 g/mol. The summed E-state index contributed by atoms with van der Waals surface area (Å²) in [7, 11) is 1.51. The first kappa shape index (κ1) is 22.9. The number of nitrogens with zero attached hydrogens (tertiary/aromatic N) is 1. The molecule has 3 aromatic carbocycles. The minimum Gasteiger partial charge on any atom is -0.493 e. The molecule has 0 fully saturated rings. The first-order valence-electron chi connectivity index (χ1n) is 9.08. The summed E-state index contributed by atoms with van der Waals surface area (Å²) in [6, 6.07) is 19.2.